The lowest BCUT2D eigenvalue weighted by molar-refractivity contribution is -0.355. The highest BCUT2D eigenvalue weighted by molar-refractivity contribution is 7.99. The highest BCUT2D eigenvalue weighted by Gasteiger charge is 2.70. The minimum atomic E-state index is -1.67. The van der Waals surface area contributed by atoms with Crippen molar-refractivity contribution in [3.63, 3.8) is 0 Å². The number of thioether (sulfide) groups is 1. The molecular formula is C20H37NO7S. The van der Waals surface area contributed by atoms with Crippen LogP contribution >= 0.6 is 11.8 Å². The molecule has 170 valence electrons. The maximum atomic E-state index is 11.9. The minimum Gasteiger partial charge on any atom is -0.396 e. The number of rotatable bonds is 10. The maximum Gasteiger partial charge on any atom is 0.248 e. The van der Waals surface area contributed by atoms with Crippen LogP contribution in [0.4, 0.5) is 0 Å². The molecule has 0 aromatic carbocycles. The summed E-state index contributed by atoms with van der Waals surface area (Å²) in [6, 6.07) is 0. The number of carbonyl (C=O) groups is 1. The van der Waals surface area contributed by atoms with Gasteiger partial charge >= 0.3 is 0 Å². The molecule has 1 amide bonds. The van der Waals surface area contributed by atoms with Crippen molar-refractivity contribution in [3.05, 3.63) is 0 Å². The topological polar surface area (TPSA) is 139 Å². The van der Waals surface area contributed by atoms with E-state index in [2.05, 4.69) is 19.2 Å². The second kappa shape index (κ2) is 8.98. The Morgan fingerprint density at radius 1 is 1.28 bits per heavy atom. The average molecular weight is 436 g/mol. The smallest absolute Gasteiger partial charge is 0.248 e. The van der Waals surface area contributed by atoms with Crippen molar-refractivity contribution in [1.82, 2.24) is 5.32 Å². The van der Waals surface area contributed by atoms with Gasteiger partial charge in [-0.05, 0) is 44.3 Å². The summed E-state index contributed by atoms with van der Waals surface area (Å²) in [7, 11) is 0. The van der Waals surface area contributed by atoms with E-state index in [4.69, 9.17) is 4.74 Å². The molecule has 1 saturated carbocycles. The molecule has 2 aliphatic rings. The lowest BCUT2D eigenvalue weighted by Crippen LogP contribution is -2.61. The summed E-state index contributed by atoms with van der Waals surface area (Å²) in [5.74, 6) is -2.88. The fourth-order valence-electron chi connectivity index (χ4n) is 4.53. The zero-order valence-corrected chi connectivity index (χ0v) is 18.8. The highest BCUT2D eigenvalue weighted by atomic mass is 32.2. The molecule has 8 nitrogen and oxygen atoms in total. The third-order valence-electron chi connectivity index (χ3n) is 6.45. The van der Waals surface area contributed by atoms with Crippen molar-refractivity contribution in [1.29, 1.82) is 0 Å². The van der Waals surface area contributed by atoms with Crippen molar-refractivity contribution in [2.45, 2.75) is 89.0 Å². The predicted octanol–water partition coefficient (Wildman–Crippen LogP) is 0.197. The van der Waals surface area contributed by atoms with E-state index < -0.39 is 53.5 Å². The fourth-order valence-corrected chi connectivity index (χ4v) is 6.22. The fraction of sp³-hybridized carbons (Fsp3) is 0.950. The standard InChI is InChI=1S/C20H37NO7S/c1-6-19(5,21-16(26)11(2)23)10-18(3,4)7-8-29-17-13-15(25)14(24)12(9-22)20(13,27)28-17/h11-15,17,22-25,27H,6-10H2,1-5H3,(H,21,26). The molecule has 2 rings (SSSR count). The number of fused-ring (bicyclic) bond motifs is 1. The average Bonchev–Trinajstić information content (AvgIpc) is 2.73. The Kier molecular flexibility index (Phi) is 7.69. The van der Waals surface area contributed by atoms with Gasteiger partial charge in [-0.15, -0.1) is 11.8 Å². The zero-order valence-electron chi connectivity index (χ0n) is 18.0. The van der Waals surface area contributed by atoms with Gasteiger partial charge in [-0.2, -0.15) is 0 Å². The van der Waals surface area contributed by atoms with Gasteiger partial charge < -0.3 is 35.6 Å². The van der Waals surface area contributed by atoms with Gasteiger partial charge in [-0.3, -0.25) is 4.79 Å². The highest BCUT2D eigenvalue weighted by Crippen LogP contribution is 2.56. The van der Waals surface area contributed by atoms with Crippen molar-refractivity contribution in [2.75, 3.05) is 12.4 Å². The summed E-state index contributed by atoms with van der Waals surface area (Å²) in [5.41, 5.74) is -0.981. The largest absolute Gasteiger partial charge is 0.396 e. The lowest BCUT2D eigenvalue weighted by Gasteiger charge is -2.49. The van der Waals surface area contributed by atoms with Crippen molar-refractivity contribution < 1.29 is 35.1 Å². The molecule has 9 heteroatoms. The number of carbonyl (C=O) groups excluding carboxylic acids is 1. The maximum absolute atomic E-state index is 11.9. The molecule has 8 unspecified atom stereocenters. The van der Waals surface area contributed by atoms with Crippen LogP contribution in [0.25, 0.3) is 0 Å². The van der Waals surface area contributed by atoms with Crippen LogP contribution in [0.3, 0.4) is 0 Å². The molecule has 8 atom stereocenters. The number of aliphatic hydroxyl groups is 5. The number of nitrogens with one attached hydrogen (secondary N) is 1. The molecule has 1 heterocycles. The normalized spacial score (nSPS) is 37.4. The van der Waals surface area contributed by atoms with E-state index in [1.807, 2.05) is 13.8 Å². The zero-order chi connectivity index (χ0) is 22.2. The monoisotopic (exact) mass is 435 g/mol. The first-order valence-corrected chi connectivity index (χ1v) is 11.3. The van der Waals surface area contributed by atoms with E-state index >= 15 is 0 Å². The van der Waals surface area contributed by atoms with Crippen molar-refractivity contribution in [3.8, 4) is 0 Å². The second-order valence-electron chi connectivity index (χ2n) is 9.58. The van der Waals surface area contributed by atoms with Gasteiger partial charge in [0, 0.05) is 5.54 Å². The number of hydrogen-bond donors (Lipinski definition) is 6. The van der Waals surface area contributed by atoms with E-state index in [9.17, 15) is 30.3 Å². The predicted molar refractivity (Wildman–Crippen MR) is 110 cm³/mol. The Bertz CT molecular complexity index is 589. The molecule has 0 aromatic rings. The van der Waals surface area contributed by atoms with Gasteiger partial charge in [0.05, 0.1) is 30.7 Å². The molecule has 2 fully saturated rings. The van der Waals surface area contributed by atoms with E-state index in [0.717, 1.165) is 19.3 Å². The Hall–Kier alpha value is -0.420. The Labute approximate surface area is 177 Å². The first kappa shape index (κ1) is 24.8. The van der Waals surface area contributed by atoms with Gasteiger partial charge in [-0.25, -0.2) is 0 Å². The quantitative estimate of drug-likeness (QED) is 0.286. The Balaban J connectivity index is 1.87. The van der Waals surface area contributed by atoms with Crippen LogP contribution in [0, 0.1) is 17.3 Å². The van der Waals surface area contributed by atoms with E-state index in [1.54, 1.807) is 0 Å². The van der Waals surface area contributed by atoms with Crippen LogP contribution in [0.5, 0.6) is 0 Å². The Morgan fingerprint density at radius 3 is 2.41 bits per heavy atom. The summed E-state index contributed by atoms with van der Waals surface area (Å²) >= 11 is 1.47. The van der Waals surface area contributed by atoms with Crippen LogP contribution in [0.2, 0.25) is 0 Å². The van der Waals surface area contributed by atoms with Crippen LogP contribution in [0.15, 0.2) is 0 Å². The van der Waals surface area contributed by atoms with Gasteiger partial charge in [0.15, 0.2) is 5.79 Å². The summed E-state index contributed by atoms with van der Waals surface area (Å²) in [5, 5.41) is 52.6. The van der Waals surface area contributed by atoms with E-state index in [0.29, 0.717) is 5.75 Å². The number of ether oxygens (including phenoxy) is 1. The minimum absolute atomic E-state index is 0.106. The summed E-state index contributed by atoms with van der Waals surface area (Å²) in [6.45, 7) is 9.20. The first-order valence-electron chi connectivity index (χ1n) is 10.3. The van der Waals surface area contributed by atoms with Gasteiger partial charge in [0.2, 0.25) is 5.91 Å². The van der Waals surface area contributed by atoms with Gasteiger partial charge in [-0.1, -0.05) is 20.8 Å². The van der Waals surface area contributed by atoms with Crippen LogP contribution in [-0.4, -0.2) is 78.9 Å². The number of amides is 1. The van der Waals surface area contributed by atoms with Crippen molar-refractivity contribution >= 4 is 17.7 Å². The third kappa shape index (κ3) is 5.08. The van der Waals surface area contributed by atoms with Crippen LogP contribution in [-0.2, 0) is 9.53 Å². The molecule has 0 bridgehead atoms. The number of aliphatic hydroxyl groups excluding tert-OH is 4. The lowest BCUT2D eigenvalue weighted by atomic mass is 9.76. The number of hydrogen-bond acceptors (Lipinski definition) is 8. The Morgan fingerprint density at radius 2 is 1.90 bits per heavy atom. The van der Waals surface area contributed by atoms with Gasteiger partial charge in [0.25, 0.3) is 0 Å². The molecule has 0 aromatic heterocycles. The van der Waals surface area contributed by atoms with Gasteiger partial charge in [0.1, 0.15) is 11.5 Å². The van der Waals surface area contributed by atoms with Crippen LogP contribution in [0.1, 0.15) is 53.9 Å². The third-order valence-corrected chi connectivity index (χ3v) is 7.61. The SMILES string of the molecule is CCC(C)(CC(C)(C)CCSC1OC2(O)C(CO)C(O)C(O)C12)NC(=O)C(C)O. The van der Waals surface area contributed by atoms with Crippen molar-refractivity contribution in [2.24, 2.45) is 17.3 Å². The molecular weight excluding hydrogens is 398 g/mol. The molecule has 1 aliphatic carbocycles. The molecule has 1 aliphatic heterocycles. The summed E-state index contributed by atoms with van der Waals surface area (Å²) < 4.78 is 5.56. The molecule has 6 N–H and O–H groups in total. The summed E-state index contributed by atoms with van der Waals surface area (Å²) in [4.78, 5) is 11.9. The second-order valence-corrected chi connectivity index (χ2v) is 10.8. The van der Waals surface area contributed by atoms with E-state index in [1.165, 1.54) is 18.7 Å². The molecule has 29 heavy (non-hydrogen) atoms. The molecule has 0 radical (unpaired) electrons. The molecule has 0 spiro atoms. The summed E-state index contributed by atoms with van der Waals surface area (Å²) in [6.07, 6.45) is -1.12. The van der Waals surface area contributed by atoms with Crippen LogP contribution < -0.4 is 5.32 Å². The first-order chi connectivity index (χ1) is 13.3. The molecule has 1 saturated heterocycles. The van der Waals surface area contributed by atoms with E-state index in [-0.39, 0.29) is 11.3 Å².